The number of rotatable bonds is 5. The molecule has 0 heterocycles. The van der Waals surface area contributed by atoms with Crippen molar-refractivity contribution in [2.45, 2.75) is 6.92 Å². The fourth-order valence-corrected chi connectivity index (χ4v) is 1.33. The summed E-state index contributed by atoms with van der Waals surface area (Å²) >= 11 is 0. The minimum absolute atomic E-state index is 0.122. The number of hydrogen-bond acceptors (Lipinski definition) is 4. The average Bonchev–Trinajstić information content (AvgIpc) is 2.28. The van der Waals surface area contributed by atoms with Crippen molar-refractivity contribution >= 4 is 11.8 Å². The molecular weight excluding hydrogens is 210 g/mol. The molecule has 0 N–H and O–H groups in total. The summed E-state index contributed by atoms with van der Waals surface area (Å²) in [6, 6.07) is 3.05. The lowest BCUT2D eigenvalue weighted by Gasteiger charge is -2.10. The highest BCUT2D eigenvalue weighted by molar-refractivity contribution is 5.64. The van der Waals surface area contributed by atoms with Gasteiger partial charge in [-0.3, -0.25) is 10.1 Å². The quantitative estimate of drug-likeness (QED) is 0.568. The number of methoxy groups -OCH3 is 1. The SMILES string of the molecule is C=Cc1cc(OCC)c(OC)c([N+](=O)[O-])c1. The van der Waals surface area contributed by atoms with Gasteiger partial charge in [-0.05, 0) is 18.6 Å². The van der Waals surface area contributed by atoms with E-state index in [2.05, 4.69) is 6.58 Å². The molecule has 0 radical (unpaired) electrons. The highest BCUT2D eigenvalue weighted by atomic mass is 16.6. The third-order valence-electron chi connectivity index (χ3n) is 1.99. The Kier molecular flexibility index (Phi) is 3.88. The normalized spacial score (nSPS) is 9.62. The van der Waals surface area contributed by atoms with E-state index >= 15 is 0 Å². The average molecular weight is 223 g/mol. The first-order valence-electron chi connectivity index (χ1n) is 4.75. The Labute approximate surface area is 93.4 Å². The van der Waals surface area contributed by atoms with Crippen LogP contribution in [0.5, 0.6) is 11.5 Å². The van der Waals surface area contributed by atoms with Gasteiger partial charge in [0, 0.05) is 6.07 Å². The summed E-state index contributed by atoms with van der Waals surface area (Å²) in [4.78, 5) is 10.3. The Balaban J connectivity index is 3.39. The van der Waals surface area contributed by atoms with Gasteiger partial charge in [-0.1, -0.05) is 12.7 Å². The molecule has 0 spiro atoms. The Morgan fingerprint density at radius 2 is 2.25 bits per heavy atom. The summed E-state index contributed by atoms with van der Waals surface area (Å²) in [5.74, 6) is 0.492. The van der Waals surface area contributed by atoms with Crippen LogP contribution in [0.3, 0.4) is 0 Å². The van der Waals surface area contributed by atoms with E-state index in [0.717, 1.165) is 0 Å². The molecule has 86 valence electrons. The van der Waals surface area contributed by atoms with E-state index in [1.165, 1.54) is 19.3 Å². The zero-order valence-electron chi connectivity index (χ0n) is 9.23. The van der Waals surface area contributed by atoms with E-state index in [-0.39, 0.29) is 11.4 Å². The maximum atomic E-state index is 10.8. The molecule has 0 bridgehead atoms. The lowest BCUT2D eigenvalue weighted by atomic mass is 10.1. The second-order valence-electron chi connectivity index (χ2n) is 2.97. The molecular formula is C11H13NO4. The third kappa shape index (κ3) is 2.31. The van der Waals surface area contributed by atoms with E-state index in [4.69, 9.17) is 9.47 Å². The van der Waals surface area contributed by atoms with Gasteiger partial charge >= 0.3 is 5.69 Å². The summed E-state index contributed by atoms with van der Waals surface area (Å²) in [5, 5.41) is 10.8. The van der Waals surface area contributed by atoms with Gasteiger partial charge < -0.3 is 9.47 Å². The molecule has 0 atom stereocenters. The topological polar surface area (TPSA) is 61.6 Å². The monoisotopic (exact) mass is 223 g/mol. The van der Waals surface area contributed by atoms with Gasteiger partial charge in [0.05, 0.1) is 18.6 Å². The fourth-order valence-electron chi connectivity index (χ4n) is 1.33. The minimum Gasteiger partial charge on any atom is -0.490 e. The molecule has 0 saturated heterocycles. The molecule has 5 nitrogen and oxygen atoms in total. The van der Waals surface area contributed by atoms with Crippen molar-refractivity contribution in [3.8, 4) is 11.5 Å². The van der Waals surface area contributed by atoms with Crippen molar-refractivity contribution in [1.82, 2.24) is 0 Å². The predicted octanol–water partition coefficient (Wildman–Crippen LogP) is 2.65. The summed E-state index contributed by atoms with van der Waals surface area (Å²) < 4.78 is 10.3. The molecule has 0 aromatic heterocycles. The van der Waals surface area contributed by atoms with Crippen molar-refractivity contribution in [2.75, 3.05) is 13.7 Å². The van der Waals surface area contributed by atoms with Crippen LogP contribution in [0.4, 0.5) is 5.69 Å². The summed E-state index contributed by atoms with van der Waals surface area (Å²) in [6.45, 7) is 5.78. The minimum atomic E-state index is -0.506. The van der Waals surface area contributed by atoms with Crippen molar-refractivity contribution in [1.29, 1.82) is 0 Å². The molecule has 0 amide bonds. The van der Waals surface area contributed by atoms with Gasteiger partial charge in [0.2, 0.25) is 5.75 Å². The van der Waals surface area contributed by atoms with Crippen LogP contribution < -0.4 is 9.47 Å². The second kappa shape index (κ2) is 5.16. The third-order valence-corrected chi connectivity index (χ3v) is 1.99. The van der Waals surface area contributed by atoms with Crippen molar-refractivity contribution in [2.24, 2.45) is 0 Å². The second-order valence-corrected chi connectivity index (χ2v) is 2.97. The Morgan fingerprint density at radius 3 is 2.69 bits per heavy atom. The lowest BCUT2D eigenvalue weighted by molar-refractivity contribution is -0.385. The van der Waals surface area contributed by atoms with Gasteiger partial charge in [0.1, 0.15) is 0 Å². The van der Waals surface area contributed by atoms with Crippen molar-refractivity contribution in [3.05, 3.63) is 34.4 Å². The molecule has 0 aliphatic carbocycles. The van der Waals surface area contributed by atoms with E-state index < -0.39 is 4.92 Å². The van der Waals surface area contributed by atoms with Crippen LogP contribution in [0.15, 0.2) is 18.7 Å². The smallest absolute Gasteiger partial charge is 0.315 e. The lowest BCUT2D eigenvalue weighted by Crippen LogP contribution is -2.00. The number of nitro benzene ring substituents is 1. The zero-order valence-corrected chi connectivity index (χ0v) is 9.23. The highest BCUT2D eigenvalue weighted by Crippen LogP contribution is 2.38. The number of nitrogens with zero attached hydrogens (tertiary/aromatic N) is 1. The van der Waals surface area contributed by atoms with E-state index in [9.17, 15) is 10.1 Å². The maximum Gasteiger partial charge on any atom is 0.315 e. The van der Waals surface area contributed by atoms with E-state index in [1.54, 1.807) is 13.0 Å². The number of benzene rings is 1. The van der Waals surface area contributed by atoms with Crippen LogP contribution in [-0.2, 0) is 0 Å². The number of ether oxygens (including phenoxy) is 2. The molecule has 1 aromatic carbocycles. The first-order valence-corrected chi connectivity index (χ1v) is 4.75. The van der Waals surface area contributed by atoms with Gasteiger partial charge in [-0.25, -0.2) is 0 Å². The van der Waals surface area contributed by atoms with Crippen molar-refractivity contribution < 1.29 is 14.4 Å². The first kappa shape index (κ1) is 12.0. The molecule has 0 fully saturated rings. The zero-order chi connectivity index (χ0) is 12.1. The van der Waals surface area contributed by atoms with Crippen LogP contribution in [0, 0.1) is 10.1 Å². The molecule has 0 unspecified atom stereocenters. The summed E-state index contributed by atoms with van der Waals surface area (Å²) in [7, 11) is 1.37. The van der Waals surface area contributed by atoms with E-state index in [1.807, 2.05) is 0 Å². The number of nitro groups is 1. The summed E-state index contributed by atoms with van der Waals surface area (Å²) in [5.41, 5.74) is 0.499. The molecule has 0 aliphatic rings. The van der Waals surface area contributed by atoms with Gasteiger partial charge in [-0.2, -0.15) is 0 Å². The van der Waals surface area contributed by atoms with Crippen molar-refractivity contribution in [3.63, 3.8) is 0 Å². The standard InChI is InChI=1S/C11H13NO4/c1-4-8-6-9(12(13)14)11(15-3)10(7-8)16-5-2/h4,6-7H,1,5H2,2-3H3. The number of hydrogen-bond donors (Lipinski definition) is 0. The molecule has 16 heavy (non-hydrogen) atoms. The largest absolute Gasteiger partial charge is 0.490 e. The van der Waals surface area contributed by atoms with E-state index in [0.29, 0.717) is 17.9 Å². The van der Waals surface area contributed by atoms with Crippen LogP contribution in [0.25, 0.3) is 6.08 Å². The summed E-state index contributed by atoms with van der Waals surface area (Å²) in [6.07, 6.45) is 1.52. The fraction of sp³-hybridized carbons (Fsp3) is 0.273. The Bertz CT molecular complexity index is 415. The first-order chi connectivity index (χ1) is 7.63. The molecule has 1 rings (SSSR count). The van der Waals surface area contributed by atoms with Crippen LogP contribution in [0.1, 0.15) is 12.5 Å². The predicted molar refractivity (Wildman–Crippen MR) is 60.9 cm³/mol. The molecule has 0 aliphatic heterocycles. The van der Waals surface area contributed by atoms with Gasteiger partial charge in [-0.15, -0.1) is 0 Å². The maximum absolute atomic E-state index is 10.8. The molecule has 0 saturated carbocycles. The Hall–Kier alpha value is -2.04. The van der Waals surface area contributed by atoms with Gasteiger partial charge in [0.25, 0.3) is 0 Å². The van der Waals surface area contributed by atoms with Gasteiger partial charge in [0.15, 0.2) is 5.75 Å². The van der Waals surface area contributed by atoms with Crippen LogP contribution >= 0.6 is 0 Å². The van der Waals surface area contributed by atoms with Crippen LogP contribution in [-0.4, -0.2) is 18.6 Å². The van der Waals surface area contributed by atoms with Crippen LogP contribution in [0.2, 0.25) is 0 Å². The Morgan fingerprint density at radius 1 is 1.56 bits per heavy atom. The molecule has 5 heteroatoms. The highest BCUT2D eigenvalue weighted by Gasteiger charge is 2.20. The molecule has 1 aromatic rings.